The van der Waals surface area contributed by atoms with Crippen LogP contribution in [0, 0.1) is 22.7 Å². The average Bonchev–Trinajstić information content (AvgIpc) is 3.20. The molecule has 27 heavy (non-hydrogen) atoms. The number of hydrogen-bond donors (Lipinski definition) is 1. The maximum Gasteiger partial charge on any atom is 0.173 e. The lowest BCUT2D eigenvalue weighted by Gasteiger charge is -2.11. The van der Waals surface area contributed by atoms with Crippen LogP contribution >= 0.6 is 27.7 Å². The predicted molar refractivity (Wildman–Crippen MR) is 105 cm³/mol. The van der Waals surface area contributed by atoms with Crippen LogP contribution < -0.4 is 5.73 Å². The van der Waals surface area contributed by atoms with Gasteiger partial charge < -0.3 is 10.2 Å². The molecule has 0 unspecified atom stereocenters. The number of furan rings is 1. The molecule has 2 heterocycles. The van der Waals surface area contributed by atoms with Gasteiger partial charge in [0.1, 0.15) is 34.3 Å². The average molecular weight is 439 g/mol. The van der Waals surface area contributed by atoms with Gasteiger partial charge in [-0.1, -0.05) is 39.8 Å². The number of nitrogens with two attached hydrogens (primary N) is 1. The molecule has 0 amide bonds. The first-order valence-electron chi connectivity index (χ1n) is 7.64. The Morgan fingerprint density at radius 1 is 1.19 bits per heavy atom. The smallest absolute Gasteiger partial charge is 0.173 e. The van der Waals surface area contributed by atoms with Crippen LogP contribution in [0.3, 0.4) is 0 Å². The van der Waals surface area contributed by atoms with E-state index in [1.54, 1.807) is 36.4 Å². The SMILES string of the molecule is N#Cc1c(N)nc(SCC(=O)c2ccc(Br)cc2)c(C#N)c1-c1ccco1. The van der Waals surface area contributed by atoms with Gasteiger partial charge in [0.25, 0.3) is 0 Å². The number of pyridine rings is 1. The van der Waals surface area contributed by atoms with Gasteiger partial charge in [-0.15, -0.1) is 0 Å². The second-order valence-corrected chi connectivity index (χ2v) is 7.23. The largest absolute Gasteiger partial charge is 0.464 e. The van der Waals surface area contributed by atoms with Crippen LogP contribution in [-0.4, -0.2) is 16.5 Å². The number of benzene rings is 1. The maximum atomic E-state index is 12.4. The third-order valence-corrected chi connectivity index (χ3v) is 5.19. The lowest BCUT2D eigenvalue weighted by Crippen LogP contribution is -2.06. The van der Waals surface area contributed by atoms with Crippen molar-refractivity contribution in [3.05, 3.63) is 63.8 Å². The third kappa shape index (κ3) is 3.87. The molecule has 0 atom stereocenters. The van der Waals surface area contributed by atoms with Crippen molar-refractivity contribution in [1.82, 2.24) is 4.98 Å². The fourth-order valence-electron chi connectivity index (χ4n) is 2.42. The number of carbonyl (C=O) groups excluding carboxylic acids is 1. The van der Waals surface area contributed by atoms with Crippen LogP contribution in [0.25, 0.3) is 11.3 Å². The molecule has 0 saturated carbocycles. The van der Waals surface area contributed by atoms with E-state index in [-0.39, 0.29) is 39.1 Å². The number of aromatic nitrogens is 1. The zero-order valence-corrected chi connectivity index (χ0v) is 16.2. The number of nitrogen functional groups attached to an aromatic ring is 1. The number of nitriles is 2. The zero-order chi connectivity index (χ0) is 19.4. The molecule has 0 aliphatic heterocycles. The van der Waals surface area contributed by atoms with E-state index in [4.69, 9.17) is 10.2 Å². The Balaban J connectivity index is 1.97. The van der Waals surface area contributed by atoms with Gasteiger partial charge in [0, 0.05) is 10.0 Å². The number of carbonyl (C=O) groups is 1. The van der Waals surface area contributed by atoms with Crippen LogP contribution in [0.5, 0.6) is 0 Å². The number of nitrogens with zero attached hydrogens (tertiary/aromatic N) is 3. The maximum absolute atomic E-state index is 12.4. The van der Waals surface area contributed by atoms with E-state index in [1.807, 2.05) is 6.07 Å². The van der Waals surface area contributed by atoms with Gasteiger partial charge in [0.05, 0.1) is 23.1 Å². The summed E-state index contributed by atoms with van der Waals surface area (Å²) in [5.41, 5.74) is 6.98. The molecule has 132 valence electrons. The second kappa shape index (κ2) is 8.09. The number of Topliss-reactive ketones (excluding diaryl/α,β-unsaturated/α-hetero) is 1. The van der Waals surface area contributed by atoms with E-state index in [0.29, 0.717) is 11.3 Å². The van der Waals surface area contributed by atoms with Crippen LogP contribution in [0.1, 0.15) is 21.5 Å². The van der Waals surface area contributed by atoms with E-state index in [2.05, 4.69) is 27.0 Å². The van der Waals surface area contributed by atoms with Gasteiger partial charge in [-0.25, -0.2) is 4.98 Å². The molecular weight excluding hydrogens is 428 g/mol. The standard InChI is InChI=1S/C19H11BrN4O2S/c20-12-5-3-11(4-6-12)15(25)10-27-19-14(9-22)17(16-2-1-7-26-16)13(8-21)18(23)24-19/h1-7H,10H2,(H2,23,24). The van der Waals surface area contributed by atoms with Crippen molar-refractivity contribution < 1.29 is 9.21 Å². The number of rotatable bonds is 5. The number of halogens is 1. The zero-order valence-electron chi connectivity index (χ0n) is 13.8. The second-order valence-electron chi connectivity index (χ2n) is 5.35. The Morgan fingerprint density at radius 3 is 2.48 bits per heavy atom. The molecule has 0 aliphatic rings. The molecule has 0 bridgehead atoms. The third-order valence-electron chi connectivity index (χ3n) is 3.69. The van der Waals surface area contributed by atoms with Crippen molar-refractivity contribution in [2.45, 2.75) is 5.03 Å². The molecule has 2 aromatic heterocycles. The monoisotopic (exact) mass is 438 g/mol. The molecule has 0 radical (unpaired) electrons. The summed E-state index contributed by atoms with van der Waals surface area (Å²) in [4.78, 5) is 16.6. The van der Waals surface area contributed by atoms with Gasteiger partial charge in [0.2, 0.25) is 0 Å². The molecule has 2 N–H and O–H groups in total. The summed E-state index contributed by atoms with van der Waals surface area (Å²) in [6.45, 7) is 0. The molecule has 0 aliphatic carbocycles. The summed E-state index contributed by atoms with van der Waals surface area (Å²) in [6, 6.07) is 14.3. The number of hydrogen-bond acceptors (Lipinski definition) is 7. The van der Waals surface area contributed by atoms with E-state index in [0.717, 1.165) is 16.2 Å². The summed E-state index contributed by atoms with van der Waals surface area (Å²) in [7, 11) is 0. The minimum absolute atomic E-state index is 0.0125. The summed E-state index contributed by atoms with van der Waals surface area (Å²) in [6.07, 6.45) is 1.44. The Hall–Kier alpha value is -3.07. The highest BCUT2D eigenvalue weighted by Crippen LogP contribution is 2.35. The highest BCUT2D eigenvalue weighted by molar-refractivity contribution is 9.10. The number of ketones is 1. The number of anilines is 1. The van der Waals surface area contributed by atoms with E-state index in [1.165, 1.54) is 6.26 Å². The van der Waals surface area contributed by atoms with Crippen molar-refractivity contribution in [1.29, 1.82) is 10.5 Å². The topological polar surface area (TPSA) is 117 Å². The Labute approximate surface area is 167 Å². The van der Waals surface area contributed by atoms with E-state index in [9.17, 15) is 15.3 Å². The Morgan fingerprint density at radius 2 is 1.89 bits per heavy atom. The van der Waals surface area contributed by atoms with Crippen LogP contribution in [-0.2, 0) is 0 Å². The molecule has 6 nitrogen and oxygen atoms in total. The lowest BCUT2D eigenvalue weighted by molar-refractivity contribution is 0.102. The molecular formula is C19H11BrN4O2S. The minimum atomic E-state index is -0.110. The van der Waals surface area contributed by atoms with Gasteiger partial charge >= 0.3 is 0 Å². The molecule has 8 heteroatoms. The Bertz CT molecular complexity index is 1080. The first kappa shape index (κ1) is 18.7. The number of thioether (sulfide) groups is 1. The van der Waals surface area contributed by atoms with Crippen molar-refractivity contribution >= 4 is 39.3 Å². The van der Waals surface area contributed by atoms with Crippen molar-refractivity contribution in [3.63, 3.8) is 0 Å². The van der Waals surface area contributed by atoms with Crippen LogP contribution in [0.15, 0.2) is 56.6 Å². The first-order valence-corrected chi connectivity index (χ1v) is 9.42. The highest BCUT2D eigenvalue weighted by Gasteiger charge is 2.22. The summed E-state index contributed by atoms with van der Waals surface area (Å²) in [5.74, 6) is 0.298. The molecule has 0 fully saturated rings. The minimum Gasteiger partial charge on any atom is -0.464 e. The fourth-order valence-corrected chi connectivity index (χ4v) is 3.58. The van der Waals surface area contributed by atoms with Crippen LogP contribution in [0.4, 0.5) is 5.82 Å². The molecule has 3 rings (SSSR count). The van der Waals surface area contributed by atoms with Gasteiger partial charge in [-0.05, 0) is 24.3 Å². The van der Waals surface area contributed by atoms with Crippen LogP contribution in [0.2, 0.25) is 0 Å². The highest BCUT2D eigenvalue weighted by atomic mass is 79.9. The summed E-state index contributed by atoms with van der Waals surface area (Å²) >= 11 is 4.42. The molecule has 0 saturated heterocycles. The fraction of sp³-hybridized carbons (Fsp3) is 0.0526. The van der Waals surface area contributed by atoms with Crippen molar-refractivity contribution in [2.75, 3.05) is 11.5 Å². The lowest BCUT2D eigenvalue weighted by atomic mass is 10.0. The van der Waals surface area contributed by atoms with E-state index >= 15 is 0 Å². The molecule has 3 aromatic rings. The normalized spacial score (nSPS) is 10.2. The molecule has 1 aromatic carbocycles. The quantitative estimate of drug-likeness (QED) is 0.462. The van der Waals surface area contributed by atoms with Crippen molar-refractivity contribution in [2.24, 2.45) is 0 Å². The summed E-state index contributed by atoms with van der Waals surface area (Å²) in [5, 5.41) is 19.3. The Kier molecular flexibility index (Phi) is 5.60. The summed E-state index contributed by atoms with van der Waals surface area (Å²) < 4.78 is 6.23. The predicted octanol–water partition coefficient (Wildman–Crippen LogP) is 4.40. The van der Waals surface area contributed by atoms with Gasteiger partial charge in [0.15, 0.2) is 5.78 Å². The molecule has 0 spiro atoms. The first-order chi connectivity index (χ1) is 13.0. The van der Waals surface area contributed by atoms with E-state index < -0.39 is 0 Å². The van der Waals surface area contributed by atoms with Crippen molar-refractivity contribution in [3.8, 4) is 23.5 Å². The van der Waals surface area contributed by atoms with Gasteiger partial charge in [-0.2, -0.15) is 10.5 Å². The van der Waals surface area contributed by atoms with Gasteiger partial charge in [-0.3, -0.25) is 4.79 Å².